The van der Waals surface area contributed by atoms with Crippen molar-refractivity contribution in [3.63, 3.8) is 0 Å². The van der Waals surface area contributed by atoms with E-state index < -0.39 is 18.5 Å². The van der Waals surface area contributed by atoms with Crippen molar-refractivity contribution in [1.82, 2.24) is 4.98 Å². The summed E-state index contributed by atoms with van der Waals surface area (Å²) >= 11 is 0. The molecule has 0 aliphatic carbocycles. The predicted molar refractivity (Wildman–Crippen MR) is 46.6 cm³/mol. The van der Waals surface area contributed by atoms with Crippen molar-refractivity contribution in [1.29, 1.82) is 0 Å². The molecule has 5 heteroatoms. The van der Waals surface area contributed by atoms with E-state index in [1.807, 2.05) is 0 Å². The Morgan fingerprint density at radius 2 is 2.36 bits per heavy atom. The standard InChI is InChI=1S/C9H11NO4/c11-7-5-13-9(8(7)12)14-6-2-1-3-10-4-6/h1-4,7-9,11-12H,5H2/t7-,8-,9?/m1/s1. The smallest absolute Gasteiger partial charge is 0.228 e. The third-order valence-corrected chi connectivity index (χ3v) is 1.99. The van der Waals surface area contributed by atoms with Crippen LogP contribution in [-0.4, -0.2) is 40.3 Å². The Morgan fingerprint density at radius 1 is 1.50 bits per heavy atom. The fourth-order valence-electron chi connectivity index (χ4n) is 1.23. The van der Waals surface area contributed by atoms with Crippen LogP contribution in [0.15, 0.2) is 24.5 Å². The molecular formula is C9H11NO4. The molecule has 1 aromatic rings. The van der Waals surface area contributed by atoms with E-state index >= 15 is 0 Å². The number of pyridine rings is 1. The molecule has 3 atom stereocenters. The second kappa shape index (κ2) is 3.91. The number of aliphatic hydroxyl groups is 2. The van der Waals surface area contributed by atoms with Gasteiger partial charge in [0.1, 0.15) is 18.0 Å². The lowest BCUT2D eigenvalue weighted by Gasteiger charge is -2.16. The van der Waals surface area contributed by atoms with Crippen molar-refractivity contribution >= 4 is 0 Å². The van der Waals surface area contributed by atoms with Crippen LogP contribution in [0.4, 0.5) is 0 Å². The van der Waals surface area contributed by atoms with Crippen molar-refractivity contribution in [2.45, 2.75) is 18.5 Å². The summed E-state index contributed by atoms with van der Waals surface area (Å²) < 4.78 is 10.3. The Kier molecular flexibility index (Phi) is 2.62. The van der Waals surface area contributed by atoms with Gasteiger partial charge < -0.3 is 19.7 Å². The van der Waals surface area contributed by atoms with Gasteiger partial charge in [0.25, 0.3) is 0 Å². The minimum atomic E-state index is -1.00. The first kappa shape index (κ1) is 9.39. The third-order valence-electron chi connectivity index (χ3n) is 1.99. The molecule has 1 aliphatic heterocycles. The molecule has 14 heavy (non-hydrogen) atoms. The summed E-state index contributed by atoms with van der Waals surface area (Å²) in [4.78, 5) is 3.85. The quantitative estimate of drug-likeness (QED) is 0.671. The number of ether oxygens (including phenoxy) is 2. The molecule has 2 rings (SSSR count). The molecule has 0 amide bonds. The number of rotatable bonds is 2. The topological polar surface area (TPSA) is 71.8 Å². The zero-order valence-corrected chi connectivity index (χ0v) is 7.41. The highest BCUT2D eigenvalue weighted by Crippen LogP contribution is 2.18. The molecule has 1 saturated heterocycles. The van der Waals surface area contributed by atoms with E-state index in [-0.39, 0.29) is 6.61 Å². The first-order valence-corrected chi connectivity index (χ1v) is 4.32. The lowest BCUT2D eigenvalue weighted by atomic mass is 10.2. The Morgan fingerprint density at radius 3 is 2.93 bits per heavy atom. The highest BCUT2D eigenvalue weighted by Gasteiger charge is 2.36. The first-order chi connectivity index (χ1) is 6.77. The van der Waals surface area contributed by atoms with Crippen LogP contribution in [-0.2, 0) is 4.74 Å². The summed E-state index contributed by atoms with van der Waals surface area (Å²) in [6, 6.07) is 3.42. The molecule has 76 valence electrons. The Balaban J connectivity index is 1.99. The Hall–Kier alpha value is -1.17. The summed E-state index contributed by atoms with van der Waals surface area (Å²) in [6.07, 6.45) is 0.440. The molecule has 0 saturated carbocycles. The van der Waals surface area contributed by atoms with Gasteiger partial charge >= 0.3 is 0 Å². The number of hydrogen-bond acceptors (Lipinski definition) is 5. The zero-order chi connectivity index (χ0) is 9.97. The third kappa shape index (κ3) is 1.84. The van der Waals surface area contributed by atoms with Crippen LogP contribution >= 0.6 is 0 Å². The second-order valence-corrected chi connectivity index (χ2v) is 3.07. The number of hydrogen-bond donors (Lipinski definition) is 2. The van der Waals surface area contributed by atoms with Crippen LogP contribution in [0.2, 0.25) is 0 Å². The summed E-state index contributed by atoms with van der Waals surface area (Å²) in [5.41, 5.74) is 0. The van der Waals surface area contributed by atoms with Gasteiger partial charge in [0.15, 0.2) is 0 Å². The molecule has 1 aromatic heterocycles. The van der Waals surface area contributed by atoms with Crippen molar-refractivity contribution < 1.29 is 19.7 Å². The van der Waals surface area contributed by atoms with Gasteiger partial charge in [-0.3, -0.25) is 4.98 Å². The maximum Gasteiger partial charge on any atom is 0.228 e. The van der Waals surface area contributed by atoms with E-state index in [2.05, 4.69) is 4.98 Å². The van der Waals surface area contributed by atoms with E-state index in [9.17, 15) is 10.2 Å². The minimum absolute atomic E-state index is 0.0894. The van der Waals surface area contributed by atoms with Crippen molar-refractivity contribution in [2.75, 3.05) is 6.61 Å². The van der Waals surface area contributed by atoms with E-state index in [0.29, 0.717) is 5.75 Å². The largest absolute Gasteiger partial charge is 0.460 e. The average Bonchev–Trinajstić information content (AvgIpc) is 2.52. The predicted octanol–water partition coefficient (Wildman–Crippen LogP) is -0.462. The molecule has 1 unspecified atom stereocenters. The van der Waals surface area contributed by atoms with E-state index in [4.69, 9.17) is 9.47 Å². The molecule has 0 radical (unpaired) electrons. The summed E-state index contributed by atoms with van der Waals surface area (Å²) in [5, 5.41) is 18.6. The maximum absolute atomic E-state index is 9.40. The number of aliphatic hydroxyl groups excluding tert-OH is 2. The zero-order valence-electron chi connectivity index (χ0n) is 7.41. The van der Waals surface area contributed by atoms with Crippen LogP contribution in [0.25, 0.3) is 0 Å². The van der Waals surface area contributed by atoms with Gasteiger partial charge in [0.05, 0.1) is 12.8 Å². The van der Waals surface area contributed by atoms with E-state index in [1.165, 1.54) is 6.20 Å². The monoisotopic (exact) mass is 197 g/mol. The van der Waals surface area contributed by atoms with Gasteiger partial charge in [-0.05, 0) is 12.1 Å². The van der Waals surface area contributed by atoms with Crippen LogP contribution in [0.3, 0.4) is 0 Å². The Bertz CT molecular complexity index is 292. The lowest BCUT2D eigenvalue weighted by Crippen LogP contribution is -2.33. The van der Waals surface area contributed by atoms with Gasteiger partial charge in [-0.1, -0.05) is 0 Å². The summed E-state index contributed by atoms with van der Waals surface area (Å²) in [7, 11) is 0. The molecule has 2 N–H and O–H groups in total. The maximum atomic E-state index is 9.40. The molecule has 5 nitrogen and oxygen atoms in total. The fourth-order valence-corrected chi connectivity index (χ4v) is 1.23. The van der Waals surface area contributed by atoms with Crippen LogP contribution in [0, 0.1) is 0 Å². The second-order valence-electron chi connectivity index (χ2n) is 3.07. The van der Waals surface area contributed by atoms with Crippen molar-refractivity contribution in [3.8, 4) is 5.75 Å². The molecule has 0 bridgehead atoms. The first-order valence-electron chi connectivity index (χ1n) is 4.32. The minimum Gasteiger partial charge on any atom is -0.460 e. The van der Waals surface area contributed by atoms with Crippen LogP contribution < -0.4 is 4.74 Å². The van der Waals surface area contributed by atoms with Gasteiger partial charge in [-0.25, -0.2) is 0 Å². The highest BCUT2D eigenvalue weighted by molar-refractivity contribution is 5.15. The molecule has 0 spiro atoms. The number of nitrogens with zero attached hydrogens (tertiary/aromatic N) is 1. The molecule has 1 fully saturated rings. The van der Waals surface area contributed by atoms with E-state index in [1.54, 1.807) is 18.3 Å². The normalized spacial score (nSPS) is 31.7. The SMILES string of the molecule is O[C@@H]1COC(Oc2cccnc2)[C@@H]1O. The summed E-state index contributed by atoms with van der Waals surface area (Å²) in [5.74, 6) is 0.505. The van der Waals surface area contributed by atoms with E-state index in [0.717, 1.165) is 0 Å². The molecular weight excluding hydrogens is 186 g/mol. The van der Waals surface area contributed by atoms with Crippen LogP contribution in [0.1, 0.15) is 0 Å². The van der Waals surface area contributed by atoms with Crippen molar-refractivity contribution in [2.24, 2.45) is 0 Å². The van der Waals surface area contributed by atoms with Gasteiger partial charge in [-0.15, -0.1) is 0 Å². The average molecular weight is 197 g/mol. The molecule has 2 heterocycles. The molecule has 0 aromatic carbocycles. The number of aromatic nitrogens is 1. The van der Waals surface area contributed by atoms with Gasteiger partial charge in [0.2, 0.25) is 6.29 Å². The van der Waals surface area contributed by atoms with Crippen molar-refractivity contribution in [3.05, 3.63) is 24.5 Å². The lowest BCUT2D eigenvalue weighted by molar-refractivity contribution is -0.0936. The fraction of sp³-hybridized carbons (Fsp3) is 0.444. The Labute approximate surface area is 80.9 Å². The highest BCUT2D eigenvalue weighted by atomic mass is 16.7. The molecule has 1 aliphatic rings. The van der Waals surface area contributed by atoms with Gasteiger partial charge in [0, 0.05) is 6.20 Å². The van der Waals surface area contributed by atoms with Gasteiger partial charge in [-0.2, -0.15) is 0 Å². The summed E-state index contributed by atoms with van der Waals surface area (Å²) in [6.45, 7) is 0.0894. The van der Waals surface area contributed by atoms with Crippen LogP contribution in [0.5, 0.6) is 5.75 Å².